The molecule has 0 aliphatic rings. The smallest absolute Gasteiger partial charge is 0.251 e. The van der Waals surface area contributed by atoms with Gasteiger partial charge in [-0.2, -0.15) is 0 Å². The summed E-state index contributed by atoms with van der Waals surface area (Å²) in [5.74, 6) is -0.527. The molecule has 0 aliphatic carbocycles. The van der Waals surface area contributed by atoms with E-state index in [0.29, 0.717) is 17.7 Å². The van der Waals surface area contributed by atoms with E-state index in [0.717, 1.165) is 0 Å². The maximum absolute atomic E-state index is 11.7. The van der Waals surface area contributed by atoms with E-state index >= 15 is 0 Å². The van der Waals surface area contributed by atoms with Gasteiger partial charge < -0.3 is 16.4 Å². The maximum atomic E-state index is 11.7. The first-order chi connectivity index (χ1) is 8.54. The van der Waals surface area contributed by atoms with E-state index in [4.69, 9.17) is 18.0 Å². The summed E-state index contributed by atoms with van der Waals surface area (Å²) in [4.78, 5) is 23.1. The number of amides is 2. The van der Waals surface area contributed by atoms with Gasteiger partial charge in [-0.25, -0.2) is 0 Å². The van der Waals surface area contributed by atoms with Crippen molar-refractivity contribution in [1.29, 1.82) is 0 Å². The van der Waals surface area contributed by atoms with Crippen molar-refractivity contribution < 1.29 is 9.59 Å². The number of likely N-dealkylation sites (N-methyl/N-ethyl adjacent to an activating group) is 1. The molecule has 6 heteroatoms. The minimum absolute atomic E-state index is 0.0380. The van der Waals surface area contributed by atoms with Gasteiger partial charge in [-0.05, 0) is 19.1 Å². The average molecular weight is 265 g/mol. The van der Waals surface area contributed by atoms with Crippen LogP contribution in [0.5, 0.6) is 0 Å². The highest BCUT2D eigenvalue weighted by atomic mass is 32.1. The van der Waals surface area contributed by atoms with E-state index in [-0.39, 0.29) is 23.3 Å². The van der Waals surface area contributed by atoms with E-state index < -0.39 is 0 Å². The van der Waals surface area contributed by atoms with Gasteiger partial charge in [-0.1, -0.05) is 24.4 Å². The van der Waals surface area contributed by atoms with Crippen molar-refractivity contribution in [3.8, 4) is 0 Å². The Morgan fingerprint density at radius 1 is 1.17 bits per heavy atom. The lowest BCUT2D eigenvalue weighted by molar-refractivity contribution is -0.120. The van der Waals surface area contributed by atoms with Gasteiger partial charge in [-0.3, -0.25) is 9.59 Å². The Bertz CT molecular complexity index is 457. The predicted octanol–water partition coefficient (Wildman–Crippen LogP) is 0.187. The molecule has 4 N–H and O–H groups in total. The lowest BCUT2D eigenvalue weighted by Crippen LogP contribution is -2.36. The molecule has 0 heterocycles. The van der Waals surface area contributed by atoms with Crippen LogP contribution in [-0.2, 0) is 4.79 Å². The third-order valence-corrected chi connectivity index (χ3v) is 2.45. The molecule has 0 unspecified atom stereocenters. The fourth-order valence-electron chi connectivity index (χ4n) is 1.31. The molecular weight excluding hydrogens is 250 g/mol. The Kier molecular flexibility index (Phi) is 5.26. The second-order valence-electron chi connectivity index (χ2n) is 3.58. The number of benzene rings is 1. The summed E-state index contributed by atoms with van der Waals surface area (Å²) in [6.45, 7) is 2.31. The second kappa shape index (κ2) is 6.70. The molecule has 5 nitrogen and oxygen atoms in total. The monoisotopic (exact) mass is 265 g/mol. The molecule has 0 saturated heterocycles. The number of hydrogen-bond donors (Lipinski definition) is 3. The highest BCUT2D eigenvalue weighted by Crippen LogP contribution is 2.04. The van der Waals surface area contributed by atoms with Gasteiger partial charge in [0, 0.05) is 17.7 Å². The van der Waals surface area contributed by atoms with Gasteiger partial charge >= 0.3 is 0 Å². The summed E-state index contributed by atoms with van der Waals surface area (Å²) in [6.07, 6.45) is 0. The van der Waals surface area contributed by atoms with Gasteiger partial charge in [-0.15, -0.1) is 0 Å². The number of nitrogens with two attached hydrogens (primary N) is 1. The zero-order chi connectivity index (χ0) is 13.5. The molecule has 96 valence electrons. The lowest BCUT2D eigenvalue weighted by Gasteiger charge is -2.06. The minimum Gasteiger partial charge on any atom is -0.389 e. The number of nitrogens with one attached hydrogen (secondary N) is 2. The van der Waals surface area contributed by atoms with Crippen molar-refractivity contribution in [2.75, 3.05) is 13.1 Å². The average Bonchev–Trinajstić information content (AvgIpc) is 2.36. The van der Waals surface area contributed by atoms with Gasteiger partial charge in [0.2, 0.25) is 5.91 Å². The van der Waals surface area contributed by atoms with Crippen LogP contribution in [0.2, 0.25) is 0 Å². The summed E-state index contributed by atoms with van der Waals surface area (Å²) in [7, 11) is 0. The highest BCUT2D eigenvalue weighted by Gasteiger charge is 2.07. The molecule has 0 fully saturated rings. The first-order valence-corrected chi connectivity index (χ1v) is 5.90. The fourth-order valence-corrected chi connectivity index (χ4v) is 1.44. The third kappa shape index (κ3) is 4.14. The maximum Gasteiger partial charge on any atom is 0.251 e. The summed E-state index contributed by atoms with van der Waals surface area (Å²) in [6, 6.07) is 6.57. The quantitative estimate of drug-likeness (QED) is 0.663. The van der Waals surface area contributed by atoms with Crippen molar-refractivity contribution in [3.63, 3.8) is 0 Å². The molecule has 1 aromatic carbocycles. The molecule has 18 heavy (non-hydrogen) atoms. The third-order valence-electron chi connectivity index (χ3n) is 2.22. The van der Waals surface area contributed by atoms with E-state index in [1.165, 1.54) is 0 Å². The minimum atomic E-state index is -0.309. The molecule has 2 amide bonds. The number of thiocarbonyl (C=S) groups is 1. The number of carbonyl (C=O) groups excluding carboxylic acids is 2. The van der Waals surface area contributed by atoms with Crippen molar-refractivity contribution >= 4 is 29.0 Å². The van der Waals surface area contributed by atoms with E-state index in [2.05, 4.69) is 10.6 Å². The summed E-state index contributed by atoms with van der Waals surface area (Å²) < 4.78 is 0. The molecule has 0 aromatic heterocycles. The summed E-state index contributed by atoms with van der Waals surface area (Å²) >= 11 is 4.81. The molecule has 1 rings (SSSR count). The van der Waals surface area contributed by atoms with E-state index in [9.17, 15) is 9.59 Å². The number of carbonyl (C=O) groups is 2. The Labute approximate surface area is 111 Å². The van der Waals surface area contributed by atoms with Crippen LogP contribution in [0.3, 0.4) is 0 Å². The van der Waals surface area contributed by atoms with Gasteiger partial charge in [0.15, 0.2) is 0 Å². The normalized spacial score (nSPS) is 9.61. The van der Waals surface area contributed by atoms with Crippen molar-refractivity contribution in [1.82, 2.24) is 10.6 Å². The second-order valence-corrected chi connectivity index (χ2v) is 4.02. The number of rotatable bonds is 5. The van der Waals surface area contributed by atoms with Crippen LogP contribution >= 0.6 is 12.2 Å². The van der Waals surface area contributed by atoms with Gasteiger partial charge in [0.1, 0.15) is 4.99 Å². The van der Waals surface area contributed by atoms with Crippen LogP contribution in [0, 0.1) is 0 Å². The van der Waals surface area contributed by atoms with E-state index in [1.807, 2.05) is 6.92 Å². The molecule has 0 radical (unpaired) electrons. The van der Waals surface area contributed by atoms with Crippen molar-refractivity contribution in [3.05, 3.63) is 35.4 Å². The Morgan fingerprint density at radius 2 is 1.72 bits per heavy atom. The van der Waals surface area contributed by atoms with Crippen LogP contribution in [0.15, 0.2) is 24.3 Å². The fraction of sp³-hybridized carbons (Fsp3) is 0.250. The molecule has 1 aromatic rings. The largest absolute Gasteiger partial charge is 0.389 e. The zero-order valence-corrected chi connectivity index (χ0v) is 10.8. The van der Waals surface area contributed by atoms with Crippen LogP contribution in [0.25, 0.3) is 0 Å². The lowest BCUT2D eigenvalue weighted by atomic mass is 10.1. The first-order valence-electron chi connectivity index (χ1n) is 5.49. The van der Waals surface area contributed by atoms with Crippen molar-refractivity contribution in [2.45, 2.75) is 6.92 Å². The van der Waals surface area contributed by atoms with Crippen LogP contribution < -0.4 is 16.4 Å². The van der Waals surface area contributed by atoms with Crippen molar-refractivity contribution in [2.24, 2.45) is 5.73 Å². The SMILES string of the molecule is CCNC(=O)CNC(=O)c1ccc(C(N)=S)cc1. The Hall–Kier alpha value is -1.95. The van der Waals surface area contributed by atoms with Gasteiger partial charge in [0.25, 0.3) is 5.91 Å². The molecule has 0 aliphatic heterocycles. The highest BCUT2D eigenvalue weighted by molar-refractivity contribution is 7.80. The van der Waals surface area contributed by atoms with E-state index in [1.54, 1.807) is 24.3 Å². The first kappa shape index (κ1) is 14.1. The Balaban J connectivity index is 2.56. The Morgan fingerprint density at radius 3 is 2.22 bits per heavy atom. The molecular formula is C12H15N3O2S. The zero-order valence-electron chi connectivity index (χ0n) is 10.0. The molecule has 0 bridgehead atoms. The topological polar surface area (TPSA) is 84.2 Å². The molecule has 0 atom stereocenters. The molecule has 0 saturated carbocycles. The van der Waals surface area contributed by atoms with Crippen LogP contribution in [0.4, 0.5) is 0 Å². The van der Waals surface area contributed by atoms with Crippen LogP contribution in [-0.4, -0.2) is 29.9 Å². The van der Waals surface area contributed by atoms with Gasteiger partial charge in [0.05, 0.1) is 6.54 Å². The summed E-state index contributed by atoms with van der Waals surface area (Å²) in [5, 5.41) is 5.11. The summed E-state index contributed by atoms with van der Waals surface area (Å²) in [5.41, 5.74) is 6.61. The predicted molar refractivity (Wildman–Crippen MR) is 73.3 cm³/mol. The standard InChI is InChI=1S/C12H15N3O2S/c1-2-14-10(16)7-15-12(17)9-5-3-8(4-6-9)11(13)18/h3-6H,2,7H2,1H3,(H2,13,18)(H,14,16)(H,15,17). The molecule has 0 spiro atoms. The number of hydrogen-bond acceptors (Lipinski definition) is 3. The van der Waals surface area contributed by atoms with Crippen LogP contribution in [0.1, 0.15) is 22.8 Å².